The number of nitrogens with one attached hydrogen (secondary N) is 1. The number of amides is 2. The Morgan fingerprint density at radius 1 is 1.53 bits per heavy atom. The summed E-state index contributed by atoms with van der Waals surface area (Å²) in [6.07, 6.45) is -0.770. The van der Waals surface area contributed by atoms with Gasteiger partial charge in [0, 0.05) is 18.4 Å². The van der Waals surface area contributed by atoms with Gasteiger partial charge in [-0.1, -0.05) is 0 Å². The second-order valence-electron chi connectivity index (χ2n) is 3.40. The molecule has 1 aliphatic rings. The van der Waals surface area contributed by atoms with Gasteiger partial charge in [0.15, 0.2) is 0 Å². The lowest BCUT2D eigenvalue weighted by molar-refractivity contribution is -0.117. The Morgan fingerprint density at radius 2 is 2.27 bits per heavy atom. The van der Waals surface area contributed by atoms with Gasteiger partial charge in [0.2, 0.25) is 5.91 Å². The van der Waals surface area contributed by atoms with Crippen LogP contribution in [0.2, 0.25) is 0 Å². The summed E-state index contributed by atoms with van der Waals surface area (Å²) in [6, 6.07) is 5.07. The molecule has 0 saturated heterocycles. The third-order valence-corrected chi connectivity index (χ3v) is 2.41. The van der Waals surface area contributed by atoms with Crippen molar-refractivity contribution in [3.8, 4) is 0 Å². The highest BCUT2D eigenvalue weighted by Crippen LogP contribution is 2.29. The van der Waals surface area contributed by atoms with Crippen molar-refractivity contribution in [1.82, 2.24) is 0 Å². The molecular formula is C10H10N2O3. The van der Waals surface area contributed by atoms with Crippen molar-refractivity contribution < 1.29 is 14.7 Å². The molecule has 5 nitrogen and oxygen atoms in total. The molecule has 0 radical (unpaired) electrons. The normalized spacial score (nSPS) is 13.9. The molecule has 1 aliphatic heterocycles. The van der Waals surface area contributed by atoms with E-state index in [1.807, 2.05) is 0 Å². The Bertz CT molecular complexity index is 442. The Balaban J connectivity index is 2.33. The largest absolute Gasteiger partial charge is 0.465 e. The maximum absolute atomic E-state index is 11.4. The third kappa shape index (κ3) is 1.63. The molecule has 0 aliphatic carbocycles. The summed E-state index contributed by atoms with van der Waals surface area (Å²) in [6.45, 7) is 0. The average Bonchev–Trinajstić information content (AvgIpc) is 2.41. The Kier molecular flexibility index (Phi) is 2.07. The van der Waals surface area contributed by atoms with Crippen LogP contribution in [0.25, 0.3) is 0 Å². The van der Waals surface area contributed by atoms with E-state index in [1.54, 1.807) is 30.1 Å². The summed E-state index contributed by atoms with van der Waals surface area (Å²) >= 11 is 0. The molecule has 78 valence electrons. The molecule has 5 heteroatoms. The zero-order valence-electron chi connectivity index (χ0n) is 8.15. The van der Waals surface area contributed by atoms with E-state index in [4.69, 9.17) is 5.11 Å². The lowest BCUT2D eigenvalue weighted by Gasteiger charge is -2.10. The van der Waals surface area contributed by atoms with Crippen molar-refractivity contribution in [2.75, 3.05) is 17.3 Å². The molecule has 1 aromatic carbocycles. The van der Waals surface area contributed by atoms with E-state index in [9.17, 15) is 9.59 Å². The van der Waals surface area contributed by atoms with E-state index >= 15 is 0 Å². The second kappa shape index (κ2) is 3.27. The van der Waals surface area contributed by atoms with Crippen LogP contribution in [0.5, 0.6) is 0 Å². The fourth-order valence-corrected chi connectivity index (χ4v) is 1.67. The van der Waals surface area contributed by atoms with E-state index in [-0.39, 0.29) is 5.91 Å². The number of hydrogen-bond acceptors (Lipinski definition) is 2. The van der Waals surface area contributed by atoms with Gasteiger partial charge >= 0.3 is 6.09 Å². The molecular weight excluding hydrogens is 196 g/mol. The summed E-state index contributed by atoms with van der Waals surface area (Å²) in [4.78, 5) is 23.3. The number of rotatable bonds is 1. The highest BCUT2D eigenvalue weighted by molar-refractivity contribution is 6.01. The number of fused-ring (bicyclic) bond motifs is 1. The van der Waals surface area contributed by atoms with Crippen molar-refractivity contribution in [1.29, 1.82) is 0 Å². The molecule has 0 saturated carbocycles. The van der Waals surface area contributed by atoms with Crippen molar-refractivity contribution in [3.63, 3.8) is 0 Å². The van der Waals surface area contributed by atoms with Crippen molar-refractivity contribution >= 4 is 23.4 Å². The van der Waals surface area contributed by atoms with Gasteiger partial charge in [-0.2, -0.15) is 0 Å². The van der Waals surface area contributed by atoms with Gasteiger partial charge in [-0.15, -0.1) is 0 Å². The average molecular weight is 206 g/mol. The van der Waals surface area contributed by atoms with Crippen LogP contribution in [0.15, 0.2) is 18.2 Å². The Labute approximate surface area is 86.3 Å². The lowest BCUT2D eigenvalue weighted by atomic mass is 10.1. The quantitative estimate of drug-likeness (QED) is 0.727. The molecule has 0 bridgehead atoms. The fraction of sp³-hybridized carbons (Fsp3) is 0.200. The smallest absolute Gasteiger partial charge is 0.409 e. The van der Waals surface area contributed by atoms with Gasteiger partial charge in [0.25, 0.3) is 0 Å². The molecule has 1 heterocycles. The van der Waals surface area contributed by atoms with Crippen LogP contribution in [0.3, 0.4) is 0 Å². The van der Waals surface area contributed by atoms with Crippen LogP contribution in [0.1, 0.15) is 5.56 Å². The number of likely N-dealkylation sites (N-methyl/N-ethyl adjacent to an activating group) is 1. The number of benzene rings is 1. The molecule has 0 aromatic heterocycles. The van der Waals surface area contributed by atoms with Gasteiger partial charge in [-0.05, 0) is 23.8 Å². The topological polar surface area (TPSA) is 69.6 Å². The van der Waals surface area contributed by atoms with Crippen molar-refractivity contribution in [2.45, 2.75) is 6.42 Å². The van der Waals surface area contributed by atoms with Crippen LogP contribution in [-0.4, -0.2) is 24.2 Å². The van der Waals surface area contributed by atoms with E-state index in [0.717, 1.165) is 11.3 Å². The first kappa shape index (κ1) is 9.51. The van der Waals surface area contributed by atoms with Gasteiger partial charge in [-0.3, -0.25) is 10.1 Å². The SMILES string of the molecule is CN1C(=O)Cc2cc(NC(=O)O)ccc21. The fourth-order valence-electron chi connectivity index (χ4n) is 1.67. The minimum Gasteiger partial charge on any atom is -0.465 e. The molecule has 0 spiro atoms. The van der Waals surface area contributed by atoms with Crippen LogP contribution in [0, 0.1) is 0 Å². The summed E-state index contributed by atoms with van der Waals surface area (Å²) < 4.78 is 0. The van der Waals surface area contributed by atoms with E-state index in [1.165, 1.54) is 0 Å². The summed E-state index contributed by atoms with van der Waals surface area (Å²) in [5.41, 5.74) is 2.19. The number of anilines is 2. The Morgan fingerprint density at radius 3 is 2.93 bits per heavy atom. The molecule has 2 amide bonds. The van der Waals surface area contributed by atoms with Crippen molar-refractivity contribution in [3.05, 3.63) is 23.8 Å². The molecule has 0 atom stereocenters. The van der Waals surface area contributed by atoms with E-state index < -0.39 is 6.09 Å². The molecule has 2 rings (SSSR count). The summed E-state index contributed by atoms with van der Waals surface area (Å²) in [5, 5.41) is 10.8. The van der Waals surface area contributed by atoms with Crippen molar-refractivity contribution in [2.24, 2.45) is 0 Å². The highest BCUT2D eigenvalue weighted by atomic mass is 16.4. The number of nitrogens with zero attached hydrogens (tertiary/aromatic N) is 1. The second-order valence-corrected chi connectivity index (χ2v) is 3.40. The molecule has 0 fully saturated rings. The monoisotopic (exact) mass is 206 g/mol. The molecule has 15 heavy (non-hydrogen) atoms. The number of carbonyl (C=O) groups excluding carboxylic acids is 1. The molecule has 2 N–H and O–H groups in total. The number of carbonyl (C=O) groups is 2. The zero-order valence-corrected chi connectivity index (χ0v) is 8.15. The van der Waals surface area contributed by atoms with Gasteiger partial charge < -0.3 is 10.0 Å². The minimum absolute atomic E-state index is 0.0254. The zero-order chi connectivity index (χ0) is 11.0. The maximum Gasteiger partial charge on any atom is 0.409 e. The summed E-state index contributed by atoms with van der Waals surface area (Å²) in [7, 11) is 1.71. The van der Waals surface area contributed by atoms with Gasteiger partial charge in [0.05, 0.1) is 6.42 Å². The third-order valence-electron chi connectivity index (χ3n) is 2.41. The van der Waals surface area contributed by atoms with Gasteiger partial charge in [0.1, 0.15) is 0 Å². The first-order chi connectivity index (χ1) is 7.08. The lowest BCUT2D eigenvalue weighted by Crippen LogP contribution is -2.20. The Hall–Kier alpha value is -2.04. The summed E-state index contributed by atoms with van der Waals surface area (Å²) in [5.74, 6) is 0.0254. The number of carboxylic acid groups (broad SMARTS) is 1. The highest BCUT2D eigenvalue weighted by Gasteiger charge is 2.23. The maximum atomic E-state index is 11.4. The van der Waals surface area contributed by atoms with Crippen LogP contribution in [0.4, 0.5) is 16.2 Å². The predicted octanol–water partition coefficient (Wildman–Crippen LogP) is 1.30. The minimum atomic E-state index is -1.10. The van der Waals surface area contributed by atoms with E-state index in [0.29, 0.717) is 12.1 Å². The first-order valence-electron chi connectivity index (χ1n) is 4.47. The van der Waals surface area contributed by atoms with Crippen LogP contribution in [-0.2, 0) is 11.2 Å². The molecule has 1 aromatic rings. The molecule has 0 unspecified atom stereocenters. The predicted molar refractivity (Wildman–Crippen MR) is 55.2 cm³/mol. The first-order valence-corrected chi connectivity index (χ1v) is 4.47. The van der Waals surface area contributed by atoms with Crippen LogP contribution >= 0.6 is 0 Å². The standard InChI is InChI=1S/C10H10N2O3/c1-12-8-3-2-7(11-10(14)15)4-6(8)5-9(12)13/h2-4,11H,5H2,1H3,(H,14,15). The van der Waals surface area contributed by atoms with Crippen LogP contribution < -0.4 is 10.2 Å². The van der Waals surface area contributed by atoms with Gasteiger partial charge in [-0.25, -0.2) is 4.79 Å². The van der Waals surface area contributed by atoms with E-state index in [2.05, 4.69) is 5.32 Å². The number of hydrogen-bond donors (Lipinski definition) is 2.